The van der Waals surface area contributed by atoms with E-state index in [9.17, 15) is 14.4 Å². The fraction of sp³-hybridized carbons (Fsp3) is 0.190. The van der Waals surface area contributed by atoms with E-state index in [4.69, 9.17) is 9.47 Å². The van der Waals surface area contributed by atoms with Crippen LogP contribution in [0.25, 0.3) is 0 Å². The highest BCUT2D eigenvalue weighted by atomic mass is 16.5. The third-order valence-corrected chi connectivity index (χ3v) is 4.09. The van der Waals surface area contributed by atoms with E-state index in [-0.39, 0.29) is 30.7 Å². The smallest absolute Gasteiger partial charge is 0.302 e. The Hall–Kier alpha value is -3.21. The monoisotopic (exact) mass is 350 g/mol. The second-order valence-electron chi connectivity index (χ2n) is 6.02. The van der Waals surface area contributed by atoms with Gasteiger partial charge in [0, 0.05) is 23.6 Å². The topological polar surface area (TPSA) is 69.7 Å². The summed E-state index contributed by atoms with van der Waals surface area (Å²) in [5.74, 6) is -0.374. The summed E-state index contributed by atoms with van der Waals surface area (Å²) in [6.45, 7) is 3.57. The zero-order valence-corrected chi connectivity index (χ0v) is 14.6. The number of hydrogen-bond donors (Lipinski definition) is 0. The molecular weight excluding hydrogens is 332 g/mol. The molecule has 26 heavy (non-hydrogen) atoms. The summed E-state index contributed by atoms with van der Waals surface area (Å²) in [5.41, 5.74) is 2.30. The van der Waals surface area contributed by atoms with Crippen LogP contribution < -0.4 is 4.74 Å². The fourth-order valence-corrected chi connectivity index (χ4v) is 2.79. The zero-order chi connectivity index (χ0) is 18.7. The van der Waals surface area contributed by atoms with Gasteiger partial charge in [-0.05, 0) is 24.6 Å². The summed E-state index contributed by atoms with van der Waals surface area (Å²) in [6.07, 6.45) is 1.74. The Kier molecular flexibility index (Phi) is 4.98. The molecule has 2 aromatic rings. The molecule has 0 saturated heterocycles. The molecule has 0 unspecified atom stereocenters. The Bertz CT molecular complexity index is 924. The van der Waals surface area contributed by atoms with E-state index >= 15 is 0 Å². The van der Waals surface area contributed by atoms with Crippen molar-refractivity contribution in [1.82, 2.24) is 0 Å². The molecular formula is C21H18O5. The van der Waals surface area contributed by atoms with Gasteiger partial charge in [0.1, 0.15) is 19.0 Å². The van der Waals surface area contributed by atoms with Gasteiger partial charge >= 0.3 is 5.97 Å². The molecule has 1 aliphatic carbocycles. The van der Waals surface area contributed by atoms with Gasteiger partial charge < -0.3 is 9.47 Å². The normalized spacial score (nSPS) is 13.1. The molecule has 5 heteroatoms. The number of fused-ring (bicyclic) bond motifs is 2. The van der Waals surface area contributed by atoms with Crippen molar-refractivity contribution in [2.75, 3.05) is 13.2 Å². The van der Waals surface area contributed by atoms with E-state index in [0.29, 0.717) is 28.0 Å². The van der Waals surface area contributed by atoms with Gasteiger partial charge in [0.2, 0.25) is 0 Å². The highest BCUT2D eigenvalue weighted by Gasteiger charge is 2.31. The summed E-state index contributed by atoms with van der Waals surface area (Å²) < 4.78 is 10.6. The molecule has 0 radical (unpaired) electrons. The van der Waals surface area contributed by atoms with Crippen LogP contribution in [0.2, 0.25) is 0 Å². The van der Waals surface area contributed by atoms with Crippen LogP contribution in [0.15, 0.2) is 54.1 Å². The van der Waals surface area contributed by atoms with Gasteiger partial charge in [-0.15, -0.1) is 0 Å². The molecule has 0 saturated carbocycles. The first-order valence-electron chi connectivity index (χ1n) is 8.22. The molecule has 0 atom stereocenters. The summed E-state index contributed by atoms with van der Waals surface area (Å²) >= 11 is 0. The summed E-state index contributed by atoms with van der Waals surface area (Å²) in [7, 11) is 0. The maximum Gasteiger partial charge on any atom is 0.302 e. The number of rotatable bonds is 5. The molecule has 0 heterocycles. The van der Waals surface area contributed by atoms with Gasteiger partial charge in [-0.2, -0.15) is 0 Å². The number of hydrogen-bond acceptors (Lipinski definition) is 5. The van der Waals surface area contributed by atoms with Crippen molar-refractivity contribution in [2.24, 2.45) is 0 Å². The molecule has 5 nitrogen and oxygen atoms in total. The van der Waals surface area contributed by atoms with Gasteiger partial charge in [-0.3, -0.25) is 14.4 Å². The van der Waals surface area contributed by atoms with Gasteiger partial charge in [0.05, 0.1) is 5.56 Å². The van der Waals surface area contributed by atoms with Crippen LogP contribution in [0.3, 0.4) is 0 Å². The van der Waals surface area contributed by atoms with E-state index in [1.165, 1.54) is 6.92 Å². The lowest BCUT2D eigenvalue weighted by atomic mass is 9.83. The van der Waals surface area contributed by atoms with E-state index in [0.717, 1.165) is 5.57 Å². The summed E-state index contributed by atoms with van der Waals surface area (Å²) in [5, 5.41) is 0. The summed E-state index contributed by atoms with van der Waals surface area (Å²) in [4.78, 5) is 36.3. The van der Waals surface area contributed by atoms with Gasteiger partial charge in [0.15, 0.2) is 11.6 Å². The molecule has 0 fully saturated rings. The first-order chi connectivity index (χ1) is 12.5. The number of carbonyl (C=O) groups is 3. The fourth-order valence-electron chi connectivity index (χ4n) is 2.79. The zero-order valence-electron chi connectivity index (χ0n) is 14.6. The molecule has 0 bridgehead atoms. The van der Waals surface area contributed by atoms with Crippen molar-refractivity contribution in [1.29, 1.82) is 0 Å². The third-order valence-electron chi connectivity index (χ3n) is 4.09. The first kappa shape index (κ1) is 17.6. The predicted octanol–water partition coefficient (Wildman–Crippen LogP) is 3.35. The lowest BCUT2D eigenvalue weighted by Crippen LogP contribution is -2.22. The number of ether oxygens (including phenoxy) is 2. The molecule has 0 aromatic heterocycles. The highest BCUT2D eigenvalue weighted by molar-refractivity contribution is 6.29. The van der Waals surface area contributed by atoms with Crippen LogP contribution in [0.4, 0.5) is 0 Å². The molecule has 2 aromatic carbocycles. The van der Waals surface area contributed by atoms with E-state index in [1.54, 1.807) is 48.5 Å². The van der Waals surface area contributed by atoms with Gasteiger partial charge in [-0.1, -0.05) is 36.4 Å². The second kappa shape index (κ2) is 7.35. The first-order valence-corrected chi connectivity index (χ1v) is 8.22. The Labute approximate surface area is 151 Å². The Balaban J connectivity index is 1.84. The lowest BCUT2D eigenvalue weighted by Gasteiger charge is -2.20. The molecule has 0 aliphatic heterocycles. The van der Waals surface area contributed by atoms with Crippen LogP contribution >= 0.6 is 0 Å². The lowest BCUT2D eigenvalue weighted by molar-refractivity contribution is -0.139. The Morgan fingerprint density at radius 2 is 1.58 bits per heavy atom. The van der Waals surface area contributed by atoms with Crippen LogP contribution in [0.1, 0.15) is 45.7 Å². The van der Waals surface area contributed by atoms with Crippen LogP contribution in [-0.2, 0) is 9.53 Å². The van der Waals surface area contributed by atoms with Crippen LogP contribution in [0, 0.1) is 0 Å². The van der Waals surface area contributed by atoms with Gasteiger partial charge in [-0.25, -0.2) is 0 Å². The maximum absolute atomic E-state index is 12.9. The van der Waals surface area contributed by atoms with Crippen molar-refractivity contribution >= 4 is 17.5 Å². The van der Waals surface area contributed by atoms with Gasteiger partial charge in [0.25, 0.3) is 0 Å². The van der Waals surface area contributed by atoms with E-state index in [2.05, 4.69) is 0 Å². The number of carbonyl (C=O) groups excluding carboxylic acids is 3. The molecule has 0 spiro atoms. The van der Waals surface area contributed by atoms with Crippen molar-refractivity contribution in [3.05, 3.63) is 76.4 Å². The summed E-state index contributed by atoms with van der Waals surface area (Å²) in [6, 6.07) is 11.8. The van der Waals surface area contributed by atoms with Crippen molar-refractivity contribution in [3.63, 3.8) is 0 Å². The Morgan fingerprint density at radius 1 is 0.923 bits per heavy atom. The minimum Gasteiger partial charge on any atom is -0.488 e. The molecule has 132 valence electrons. The standard InChI is InChI=1S/C21H18O5/c1-13(10-11-25-14(2)22)12-26-18-9-5-8-17-19(18)21(24)16-7-4-3-6-15(16)20(17)23/h3-10H,11-12H2,1-2H3/b13-10+. The largest absolute Gasteiger partial charge is 0.488 e. The third kappa shape index (κ3) is 3.42. The molecule has 1 aliphatic rings. The SMILES string of the molecule is CC(=O)OC/C=C(\C)COc1cccc2c1C(=O)c1ccccc1C2=O. The minimum atomic E-state index is -0.352. The second-order valence-corrected chi connectivity index (χ2v) is 6.02. The predicted molar refractivity (Wildman–Crippen MR) is 95.6 cm³/mol. The molecule has 0 amide bonds. The molecule has 3 rings (SSSR count). The van der Waals surface area contributed by atoms with E-state index in [1.807, 2.05) is 6.92 Å². The van der Waals surface area contributed by atoms with Crippen LogP contribution in [0.5, 0.6) is 5.75 Å². The Morgan fingerprint density at radius 3 is 2.27 bits per heavy atom. The molecule has 0 N–H and O–H groups in total. The number of ketones is 2. The van der Waals surface area contributed by atoms with Crippen molar-refractivity contribution < 1.29 is 23.9 Å². The quantitative estimate of drug-likeness (QED) is 0.521. The van der Waals surface area contributed by atoms with E-state index < -0.39 is 0 Å². The maximum atomic E-state index is 12.9. The number of benzene rings is 2. The average molecular weight is 350 g/mol. The number of esters is 1. The van der Waals surface area contributed by atoms with Crippen LogP contribution in [-0.4, -0.2) is 30.7 Å². The average Bonchev–Trinajstić information content (AvgIpc) is 2.64. The van der Waals surface area contributed by atoms with Crippen molar-refractivity contribution in [3.8, 4) is 5.75 Å². The minimum absolute atomic E-state index is 0.169. The van der Waals surface area contributed by atoms with Crippen molar-refractivity contribution in [2.45, 2.75) is 13.8 Å². The highest BCUT2D eigenvalue weighted by Crippen LogP contribution is 2.33.